The monoisotopic (exact) mass is 300 g/mol. The molecule has 5 nitrogen and oxygen atoms in total. The Bertz CT molecular complexity index is 594. The second-order valence-corrected chi connectivity index (χ2v) is 5.67. The molecule has 0 unspecified atom stereocenters. The molecule has 2 aromatic rings. The Morgan fingerprint density at radius 1 is 1.32 bits per heavy atom. The molecule has 0 spiro atoms. The van der Waals surface area contributed by atoms with Gasteiger partial charge in [-0.05, 0) is 18.9 Å². The molecular formula is C17H24N4O. The van der Waals surface area contributed by atoms with E-state index < -0.39 is 0 Å². The van der Waals surface area contributed by atoms with E-state index in [4.69, 9.17) is 0 Å². The average molecular weight is 300 g/mol. The van der Waals surface area contributed by atoms with E-state index in [-0.39, 0.29) is 17.9 Å². The molecule has 0 radical (unpaired) electrons. The normalized spacial score (nSPS) is 13.6. The number of nitrogens with zero attached hydrogens (tertiary/aromatic N) is 2. The highest BCUT2D eigenvalue weighted by molar-refractivity contribution is 5.79. The molecule has 22 heavy (non-hydrogen) atoms. The highest BCUT2D eigenvalue weighted by atomic mass is 16.1. The topological polar surface area (TPSA) is 70.7 Å². The number of aromatic amines is 1. The summed E-state index contributed by atoms with van der Waals surface area (Å²) in [5.74, 6) is 1.37. The van der Waals surface area contributed by atoms with Crippen LogP contribution in [0.2, 0.25) is 0 Å². The molecule has 0 fully saturated rings. The zero-order valence-electron chi connectivity index (χ0n) is 13.5. The van der Waals surface area contributed by atoms with Crippen molar-refractivity contribution in [3.8, 4) is 0 Å². The molecule has 5 heteroatoms. The summed E-state index contributed by atoms with van der Waals surface area (Å²) in [6.07, 6.45) is 3.06. The molecule has 0 saturated carbocycles. The third-order valence-electron chi connectivity index (χ3n) is 3.73. The number of carbonyl (C=O) groups excluding carboxylic acids is 1. The maximum Gasteiger partial charge on any atom is 0.223 e. The Hall–Kier alpha value is -2.17. The zero-order chi connectivity index (χ0) is 15.9. The molecule has 0 saturated heterocycles. The van der Waals surface area contributed by atoms with E-state index in [0.717, 1.165) is 30.7 Å². The summed E-state index contributed by atoms with van der Waals surface area (Å²) >= 11 is 0. The number of hydrogen-bond donors (Lipinski definition) is 2. The van der Waals surface area contributed by atoms with E-state index in [1.807, 2.05) is 44.2 Å². The van der Waals surface area contributed by atoms with Crippen molar-refractivity contribution in [2.75, 3.05) is 0 Å². The first-order valence-corrected chi connectivity index (χ1v) is 7.86. The molecule has 1 aromatic heterocycles. The van der Waals surface area contributed by atoms with Crippen LogP contribution in [0.4, 0.5) is 0 Å². The van der Waals surface area contributed by atoms with Gasteiger partial charge in [0.2, 0.25) is 5.91 Å². The van der Waals surface area contributed by atoms with E-state index >= 15 is 0 Å². The van der Waals surface area contributed by atoms with E-state index in [1.54, 1.807) is 0 Å². The lowest BCUT2D eigenvalue weighted by Crippen LogP contribution is -2.34. The molecule has 2 rings (SSSR count). The molecule has 1 amide bonds. The summed E-state index contributed by atoms with van der Waals surface area (Å²) < 4.78 is 0. The van der Waals surface area contributed by atoms with Gasteiger partial charge in [0, 0.05) is 5.92 Å². The number of amides is 1. The number of benzene rings is 1. The Labute approximate surface area is 131 Å². The summed E-state index contributed by atoms with van der Waals surface area (Å²) in [5, 5.41) is 10.1. The number of aryl methyl sites for hydroxylation is 1. The van der Waals surface area contributed by atoms with Crippen LogP contribution in [0, 0.1) is 12.8 Å². The lowest BCUT2D eigenvalue weighted by Gasteiger charge is -2.19. The molecule has 0 aliphatic heterocycles. The van der Waals surface area contributed by atoms with Crippen molar-refractivity contribution in [1.29, 1.82) is 0 Å². The summed E-state index contributed by atoms with van der Waals surface area (Å²) in [4.78, 5) is 16.8. The molecule has 118 valence electrons. The first-order valence-electron chi connectivity index (χ1n) is 7.86. The fourth-order valence-electron chi connectivity index (χ4n) is 2.36. The van der Waals surface area contributed by atoms with Crippen LogP contribution >= 0.6 is 0 Å². The van der Waals surface area contributed by atoms with Crippen molar-refractivity contribution in [2.45, 2.75) is 46.1 Å². The summed E-state index contributed by atoms with van der Waals surface area (Å²) in [6, 6.07) is 9.50. The predicted molar refractivity (Wildman–Crippen MR) is 86.2 cm³/mol. The van der Waals surface area contributed by atoms with Crippen LogP contribution in [0.5, 0.6) is 0 Å². The van der Waals surface area contributed by atoms with Gasteiger partial charge in [0.15, 0.2) is 5.82 Å². The standard InChI is InChI=1S/C17H24N4O/c1-4-5-9-12(2)17(22)19-15(14-10-7-6-8-11-14)16-18-13(3)20-21-16/h6-8,10-12,15H,4-5,9H2,1-3H3,(H,19,22)(H,18,20,21)/t12-,15+/m1/s1. The van der Waals surface area contributed by atoms with Crippen LogP contribution in [0.15, 0.2) is 30.3 Å². The van der Waals surface area contributed by atoms with Gasteiger partial charge in [0.1, 0.15) is 11.9 Å². The van der Waals surface area contributed by atoms with Crippen molar-refractivity contribution in [1.82, 2.24) is 20.5 Å². The number of H-pyrrole nitrogens is 1. The molecule has 0 aliphatic rings. The maximum absolute atomic E-state index is 12.4. The van der Waals surface area contributed by atoms with E-state index in [2.05, 4.69) is 27.4 Å². The Balaban J connectivity index is 2.17. The fraction of sp³-hybridized carbons (Fsp3) is 0.471. The van der Waals surface area contributed by atoms with Gasteiger partial charge in [-0.15, -0.1) is 0 Å². The second-order valence-electron chi connectivity index (χ2n) is 5.67. The third kappa shape index (κ3) is 4.16. The Morgan fingerprint density at radius 2 is 2.05 bits per heavy atom. The van der Waals surface area contributed by atoms with Gasteiger partial charge in [0.05, 0.1) is 0 Å². The van der Waals surface area contributed by atoms with Crippen molar-refractivity contribution in [2.24, 2.45) is 5.92 Å². The smallest absolute Gasteiger partial charge is 0.223 e. The second kappa shape index (κ2) is 7.73. The summed E-state index contributed by atoms with van der Waals surface area (Å²) in [7, 11) is 0. The van der Waals surface area contributed by atoms with E-state index in [9.17, 15) is 4.79 Å². The number of nitrogens with one attached hydrogen (secondary N) is 2. The molecule has 0 bridgehead atoms. The van der Waals surface area contributed by atoms with Crippen molar-refractivity contribution < 1.29 is 4.79 Å². The first kappa shape index (κ1) is 16.2. The SMILES string of the molecule is CCCC[C@@H](C)C(=O)N[C@@H](c1ccccc1)c1n[nH]c(C)n1. The number of unbranched alkanes of at least 4 members (excludes halogenated alkanes) is 1. The zero-order valence-corrected chi connectivity index (χ0v) is 13.5. The van der Waals surface area contributed by atoms with E-state index in [1.165, 1.54) is 0 Å². The van der Waals surface area contributed by atoms with Gasteiger partial charge < -0.3 is 5.32 Å². The van der Waals surface area contributed by atoms with E-state index in [0.29, 0.717) is 5.82 Å². The molecule has 1 heterocycles. The lowest BCUT2D eigenvalue weighted by molar-refractivity contribution is -0.125. The summed E-state index contributed by atoms with van der Waals surface area (Å²) in [5.41, 5.74) is 0.984. The number of carbonyl (C=O) groups is 1. The van der Waals surface area contributed by atoms with Crippen LogP contribution in [-0.2, 0) is 4.79 Å². The van der Waals surface area contributed by atoms with Gasteiger partial charge in [-0.25, -0.2) is 4.98 Å². The minimum atomic E-state index is -0.317. The third-order valence-corrected chi connectivity index (χ3v) is 3.73. The predicted octanol–water partition coefficient (Wildman–Crippen LogP) is 3.15. The Kier molecular flexibility index (Phi) is 5.69. The molecule has 0 aliphatic carbocycles. The van der Waals surface area contributed by atoms with Gasteiger partial charge in [0.25, 0.3) is 0 Å². The lowest BCUT2D eigenvalue weighted by atomic mass is 10.0. The fourth-order valence-corrected chi connectivity index (χ4v) is 2.36. The van der Waals surface area contributed by atoms with Gasteiger partial charge in [-0.3, -0.25) is 9.89 Å². The molecule has 2 N–H and O–H groups in total. The van der Waals surface area contributed by atoms with Crippen molar-refractivity contribution in [3.05, 3.63) is 47.5 Å². The van der Waals surface area contributed by atoms with Crippen LogP contribution in [0.25, 0.3) is 0 Å². The average Bonchev–Trinajstić information content (AvgIpc) is 2.97. The number of aromatic nitrogens is 3. The largest absolute Gasteiger partial charge is 0.342 e. The molecular weight excluding hydrogens is 276 g/mol. The van der Waals surface area contributed by atoms with Crippen LogP contribution in [-0.4, -0.2) is 21.1 Å². The Morgan fingerprint density at radius 3 is 2.64 bits per heavy atom. The first-order chi connectivity index (χ1) is 10.6. The van der Waals surface area contributed by atoms with Crippen LogP contribution < -0.4 is 5.32 Å². The quantitative estimate of drug-likeness (QED) is 0.825. The number of rotatable bonds is 7. The minimum absolute atomic E-state index is 0.00815. The highest BCUT2D eigenvalue weighted by Crippen LogP contribution is 2.20. The molecule has 1 aromatic carbocycles. The minimum Gasteiger partial charge on any atom is -0.342 e. The van der Waals surface area contributed by atoms with Crippen molar-refractivity contribution >= 4 is 5.91 Å². The molecule has 2 atom stereocenters. The van der Waals surface area contributed by atoms with Gasteiger partial charge in [-0.1, -0.05) is 57.0 Å². The maximum atomic E-state index is 12.4. The van der Waals surface area contributed by atoms with Crippen LogP contribution in [0.1, 0.15) is 56.4 Å². The van der Waals surface area contributed by atoms with Crippen molar-refractivity contribution in [3.63, 3.8) is 0 Å². The number of hydrogen-bond acceptors (Lipinski definition) is 3. The highest BCUT2D eigenvalue weighted by Gasteiger charge is 2.23. The van der Waals surface area contributed by atoms with Gasteiger partial charge >= 0.3 is 0 Å². The summed E-state index contributed by atoms with van der Waals surface area (Å²) in [6.45, 7) is 5.95. The van der Waals surface area contributed by atoms with Gasteiger partial charge in [-0.2, -0.15) is 5.10 Å². The van der Waals surface area contributed by atoms with Crippen LogP contribution in [0.3, 0.4) is 0 Å².